The molecule has 0 unspecified atom stereocenters. The normalized spacial score (nSPS) is 14.9. The number of aryl methyl sites for hydroxylation is 2. The number of fused-ring (bicyclic) bond motifs is 1. The van der Waals surface area contributed by atoms with Crippen LogP contribution in [0.4, 0.5) is 0 Å². The van der Waals surface area contributed by atoms with Crippen molar-refractivity contribution in [3.05, 3.63) is 44.9 Å². The molecule has 2 heterocycles. The number of carbonyl (C=O) groups excluding carboxylic acids is 1. The van der Waals surface area contributed by atoms with E-state index >= 15 is 0 Å². The lowest BCUT2D eigenvalue weighted by molar-refractivity contribution is 0.0972. The van der Waals surface area contributed by atoms with Crippen LogP contribution in [0.1, 0.15) is 45.7 Å². The Morgan fingerprint density at radius 1 is 1.28 bits per heavy atom. The summed E-state index contributed by atoms with van der Waals surface area (Å²) >= 11 is 1.75. The zero-order valence-electron chi connectivity index (χ0n) is 10.8. The van der Waals surface area contributed by atoms with Gasteiger partial charge < -0.3 is 4.57 Å². The standard InChI is InChI=1S/C15H17NOS/c1-10-8-18-9-12(10)7-16-11(2)6-13-14(16)4-3-5-15(13)17/h6,8-9H,3-5,7H2,1-2H3. The van der Waals surface area contributed by atoms with Gasteiger partial charge in [-0.2, -0.15) is 11.3 Å². The van der Waals surface area contributed by atoms with E-state index in [0.29, 0.717) is 12.2 Å². The molecule has 0 spiro atoms. The molecule has 0 saturated heterocycles. The Labute approximate surface area is 111 Å². The molecule has 0 bridgehead atoms. The van der Waals surface area contributed by atoms with E-state index in [4.69, 9.17) is 0 Å². The number of hydrogen-bond donors (Lipinski definition) is 0. The number of carbonyl (C=O) groups is 1. The number of ketones is 1. The highest BCUT2D eigenvalue weighted by Crippen LogP contribution is 2.26. The second-order valence-corrected chi connectivity index (χ2v) is 5.83. The molecule has 0 fully saturated rings. The quantitative estimate of drug-likeness (QED) is 0.805. The first kappa shape index (κ1) is 11.7. The molecule has 0 aromatic carbocycles. The molecule has 18 heavy (non-hydrogen) atoms. The highest BCUT2D eigenvalue weighted by atomic mass is 32.1. The second-order valence-electron chi connectivity index (χ2n) is 5.09. The third-order valence-electron chi connectivity index (χ3n) is 3.82. The van der Waals surface area contributed by atoms with Crippen LogP contribution in [0.5, 0.6) is 0 Å². The molecule has 0 N–H and O–H groups in total. The van der Waals surface area contributed by atoms with Crippen molar-refractivity contribution in [3.63, 3.8) is 0 Å². The number of Topliss-reactive ketones (excluding diaryl/α,β-unsaturated/α-hetero) is 1. The highest BCUT2D eigenvalue weighted by Gasteiger charge is 2.22. The zero-order chi connectivity index (χ0) is 12.7. The van der Waals surface area contributed by atoms with Gasteiger partial charge in [-0.05, 0) is 54.6 Å². The molecule has 94 valence electrons. The Kier molecular flexibility index (Phi) is 2.86. The van der Waals surface area contributed by atoms with Crippen LogP contribution in [0.15, 0.2) is 16.8 Å². The first-order chi connectivity index (χ1) is 8.66. The van der Waals surface area contributed by atoms with E-state index in [1.807, 2.05) is 0 Å². The minimum atomic E-state index is 0.320. The zero-order valence-corrected chi connectivity index (χ0v) is 11.6. The van der Waals surface area contributed by atoms with Crippen LogP contribution >= 0.6 is 11.3 Å². The van der Waals surface area contributed by atoms with Crippen LogP contribution in [0, 0.1) is 13.8 Å². The van der Waals surface area contributed by atoms with Gasteiger partial charge in [-0.15, -0.1) is 0 Å². The summed E-state index contributed by atoms with van der Waals surface area (Å²) in [7, 11) is 0. The van der Waals surface area contributed by atoms with Gasteiger partial charge in [0.15, 0.2) is 5.78 Å². The van der Waals surface area contributed by atoms with E-state index in [9.17, 15) is 4.79 Å². The monoisotopic (exact) mass is 259 g/mol. The fourth-order valence-electron chi connectivity index (χ4n) is 2.73. The predicted octanol–water partition coefficient (Wildman–Crippen LogP) is 3.73. The van der Waals surface area contributed by atoms with Crippen molar-refractivity contribution >= 4 is 17.1 Å². The van der Waals surface area contributed by atoms with Gasteiger partial charge in [0.25, 0.3) is 0 Å². The molecule has 3 rings (SSSR count). The maximum atomic E-state index is 11.9. The van der Waals surface area contributed by atoms with E-state index in [0.717, 1.165) is 24.9 Å². The molecule has 0 amide bonds. The Bertz CT molecular complexity index is 606. The van der Waals surface area contributed by atoms with Gasteiger partial charge in [-0.1, -0.05) is 0 Å². The van der Waals surface area contributed by atoms with Crippen molar-refractivity contribution < 1.29 is 4.79 Å². The molecule has 0 radical (unpaired) electrons. The molecular formula is C15H17NOS. The Morgan fingerprint density at radius 3 is 2.83 bits per heavy atom. The van der Waals surface area contributed by atoms with E-state index < -0.39 is 0 Å². The summed E-state index contributed by atoms with van der Waals surface area (Å²) < 4.78 is 2.32. The first-order valence-electron chi connectivity index (χ1n) is 6.40. The van der Waals surface area contributed by atoms with Gasteiger partial charge in [-0.25, -0.2) is 0 Å². The first-order valence-corrected chi connectivity index (χ1v) is 7.35. The molecule has 1 aliphatic rings. The number of nitrogens with zero attached hydrogens (tertiary/aromatic N) is 1. The molecule has 2 nitrogen and oxygen atoms in total. The van der Waals surface area contributed by atoms with Crippen LogP contribution in [0.2, 0.25) is 0 Å². The summed E-state index contributed by atoms with van der Waals surface area (Å²) in [6, 6.07) is 2.07. The molecule has 0 saturated carbocycles. The molecule has 3 heteroatoms. The SMILES string of the molecule is Cc1cscc1Cn1c(C)cc2c1CCCC2=O. The average molecular weight is 259 g/mol. The lowest BCUT2D eigenvalue weighted by Gasteiger charge is -2.16. The third-order valence-corrected chi connectivity index (χ3v) is 4.73. The number of aromatic nitrogens is 1. The summed E-state index contributed by atoms with van der Waals surface area (Å²) in [4.78, 5) is 11.9. The molecule has 1 aliphatic carbocycles. The average Bonchev–Trinajstić information content (AvgIpc) is 2.87. The summed E-state index contributed by atoms with van der Waals surface area (Å²) in [5.41, 5.74) is 6.14. The maximum absolute atomic E-state index is 11.9. The largest absolute Gasteiger partial charge is 0.344 e. The molecule has 2 aromatic heterocycles. The minimum Gasteiger partial charge on any atom is -0.344 e. The van der Waals surface area contributed by atoms with Gasteiger partial charge >= 0.3 is 0 Å². The Balaban J connectivity index is 2.02. The van der Waals surface area contributed by atoms with Gasteiger partial charge in [0.1, 0.15) is 0 Å². The van der Waals surface area contributed by atoms with Crippen molar-refractivity contribution in [1.82, 2.24) is 4.57 Å². The van der Waals surface area contributed by atoms with E-state index in [1.54, 1.807) is 11.3 Å². The lowest BCUT2D eigenvalue weighted by Crippen LogP contribution is -2.14. The molecule has 0 aliphatic heterocycles. The van der Waals surface area contributed by atoms with E-state index in [-0.39, 0.29) is 0 Å². The van der Waals surface area contributed by atoms with Crippen molar-refractivity contribution in [1.29, 1.82) is 0 Å². The minimum absolute atomic E-state index is 0.320. The van der Waals surface area contributed by atoms with E-state index in [2.05, 4.69) is 35.2 Å². The van der Waals surface area contributed by atoms with Crippen LogP contribution < -0.4 is 0 Å². The summed E-state index contributed by atoms with van der Waals surface area (Å²) in [6.45, 7) is 5.17. The smallest absolute Gasteiger partial charge is 0.164 e. The van der Waals surface area contributed by atoms with Crippen LogP contribution in [0.25, 0.3) is 0 Å². The van der Waals surface area contributed by atoms with Gasteiger partial charge in [-0.3, -0.25) is 4.79 Å². The fourth-order valence-corrected chi connectivity index (χ4v) is 3.58. The molecule has 2 aromatic rings. The topological polar surface area (TPSA) is 22.0 Å². The maximum Gasteiger partial charge on any atom is 0.164 e. The highest BCUT2D eigenvalue weighted by molar-refractivity contribution is 7.08. The van der Waals surface area contributed by atoms with Crippen molar-refractivity contribution in [2.24, 2.45) is 0 Å². The van der Waals surface area contributed by atoms with Gasteiger partial charge in [0.2, 0.25) is 0 Å². The fraction of sp³-hybridized carbons (Fsp3) is 0.400. The number of rotatable bonds is 2. The van der Waals surface area contributed by atoms with Crippen LogP contribution in [0.3, 0.4) is 0 Å². The summed E-state index contributed by atoms with van der Waals surface area (Å²) in [5.74, 6) is 0.320. The van der Waals surface area contributed by atoms with Crippen molar-refractivity contribution in [3.8, 4) is 0 Å². The summed E-state index contributed by atoms with van der Waals surface area (Å²) in [5, 5.41) is 4.40. The number of hydrogen-bond acceptors (Lipinski definition) is 2. The van der Waals surface area contributed by atoms with Crippen LogP contribution in [-0.2, 0) is 13.0 Å². The number of thiophene rings is 1. The molecule has 0 atom stereocenters. The second kappa shape index (κ2) is 4.39. The van der Waals surface area contributed by atoms with Crippen molar-refractivity contribution in [2.45, 2.75) is 39.7 Å². The summed E-state index contributed by atoms with van der Waals surface area (Å²) in [6.07, 6.45) is 2.75. The molecular weight excluding hydrogens is 242 g/mol. The Hall–Kier alpha value is -1.35. The van der Waals surface area contributed by atoms with Gasteiger partial charge in [0, 0.05) is 29.9 Å². The van der Waals surface area contributed by atoms with E-state index in [1.165, 1.54) is 22.5 Å². The lowest BCUT2D eigenvalue weighted by atomic mass is 9.96. The van der Waals surface area contributed by atoms with Gasteiger partial charge in [0.05, 0.1) is 0 Å². The van der Waals surface area contributed by atoms with Crippen molar-refractivity contribution in [2.75, 3.05) is 0 Å². The van der Waals surface area contributed by atoms with Crippen LogP contribution in [-0.4, -0.2) is 10.4 Å². The third kappa shape index (κ3) is 1.83. The Morgan fingerprint density at radius 2 is 2.11 bits per heavy atom. The predicted molar refractivity (Wildman–Crippen MR) is 74.6 cm³/mol.